The van der Waals surface area contributed by atoms with Crippen LogP contribution in [0.1, 0.15) is 10.9 Å². The van der Waals surface area contributed by atoms with Crippen molar-refractivity contribution in [3.8, 4) is 11.5 Å². The molecule has 0 spiro atoms. The number of nitro groups is 1. The SMILES string of the molecule is O=C1CSC(c2cccc([N+](=O)[O-])c2)N1c1ccc(Oc2ccccc2)cc1. The van der Waals surface area contributed by atoms with E-state index in [1.807, 2.05) is 60.7 Å². The van der Waals surface area contributed by atoms with Gasteiger partial charge in [0, 0.05) is 17.8 Å². The van der Waals surface area contributed by atoms with E-state index in [1.165, 1.54) is 23.9 Å². The van der Waals surface area contributed by atoms with Crippen LogP contribution in [-0.4, -0.2) is 16.6 Å². The molecule has 3 aromatic carbocycles. The number of nitro benzene ring substituents is 1. The van der Waals surface area contributed by atoms with E-state index in [4.69, 9.17) is 4.74 Å². The summed E-state index contributed by atoms with van der Waals surface area (Å²) in [5, 5.41) is 10.8. The summed E-state index contributed by atoms with van der Waals surface area (Å²) in [6, 6.07) is 23.1. The third-order valence-electron chi connectivity index (χ3n) is 4.33. The highest BCUT2D eigenvalue weighted by Crippen LogP contribution is 2.42. The maximum Gasteiger partial charge on any atom is 0.269 e. The summed E-state index contributed by atoms with van der Waals surface area (Å²) in [7, 11) is 0. The van der Waals surface area contributed by atoms with Crippen molar-refractivity contribution < 1.29 is 14.5 Å². The Kier molecular flexibility index (Phi) is 4.99. The number of anilines is 1. The summed E-state index contributed by atoms with van der Waals surface area (Å²) in [4.78, 5) is 24.8. The molecule has 0 aliphatic carbocycles. The van der Waals surface area contributed by atoms with Crippen LogP contribution in [0.4, 0.5) is 11.4 Å². The number of ether oxygens (including phenoxy) is 1. The lowest BCUT2D eigenvalue weighted by atomic mass is 10.1. The zero-order valence-electron chi connectivity index (χ0n) is 14.7. The standard InChI is InChI=1S/C21H16N2O4S/c24-20-14-28-21(15-5-4-6-17(13-15)23(25)26)22(20)16-9-11-19(12-10-16)27-18-7-2-1-3-8-18/h1-13,21H,14H2. The summed E-state index contributed by atoms with van der Waals surface area (Å²) in [6.07, 6.45) is 0. The molecule has 1 fully saturated rings. The van der Waals surface area contributed by atoms with Crippen LogP contribution in [0, 0.1) is 10.1 Å². The number of hydrogen-bond acceptors (Lipinski definition) is 5. The van der Waals surface area contributed by atoms with Crippen LogP contribution < -0.4 is 9.64 Å². The van der Waals surface area contributed by atoms with E-state index in [0.717, 1.165) is 17.0 Å². The van der Waals surface area contributed by atoms with Gasteiger partial charge in [0.05, 0.1) is 10.7 Å². The Morgan fingerprint density at radius 3 is 2.39 bits per heavy atom. The van der Waals surface area contributed by atoms with Crippen LogP contribution in [-0.2, 0) is 4.79 Å². The van der Waals surface area contributed by atoms with E-state index in [2.05, 4.69) is 0 Å². The van der Waals surface area contributed by atoms with E-state index in [0.29, 0.717) is 11.5 Å². The van der Waals surface area contributed by atoms with Crippen molar-refractivity contribution in [3.63, 3.8) is 0 Å². The first-order chi connectivity index (χ1) is 13.6. The van der Waals surface area contributed by atoms with E-state index < -0.39 is 4.92 Å². The first kappa shape index (κ1) is 18.1. The van der Waals surface area contributed by atoms with Crippen molar-refractivity contribution in [2.24, 2.45) is 0 Å². The quantitative estimate of drug-likeness (QED) is 0.443. The van der Waals surface area contributed by atoms with Gasteiger partial charge in [0.1, 0.15) is 16.9 Å². The fraction of sp³-hybridized carbons (Fsp3) is 0.0952. The fourth-order valence-corrected chi connectivity index (χ4v) is 4.21. The highest BCUT2D eigenvalue weighted by atomic mass is 32.2. The molecule has 0 radical (unpaired) electrons. The van der Waals surface area contributed by atoms with Crippen LogP contribution >= 0.6 is 11.8 Å². The van der Waals surface area contributed by atoms with Crippen molar-refractivity contribution in [2.75, 3.05) is 10.7 Å². The minimum absolute atomic E-state index is 0.0176. The van der Waals surface area contributed by atoms with Gasteiger partial charge >= 0.3 is 0 Å². The zero-order valence-corrected chi connectivity index (χ0v) is 15.5. The monoisotopic (exact) mass is 392 g/mol. The van der Waals surface area contributed by atoms with Gasteiger partial charge in [0.15, 0.2) is 0 Å². The number of para-hydroxylation sites is 1. The number of nitrogens with zero attached hydrogens (tertiary/aromatic N) is 2. The molecule has 6 nitrogen and oxygen atoms in total. The topological polar surface area (TPSA) is 72.7 Å². The van der Waals surface area contributed by atoms with Gasteiger partial charge in [-0.25, -0.2) is 0 Å². The maximum atomic E-state index is 12.5. The molecule has 1 saturated heterocycles. The molecular weight excluding hydrogens is 376 g/mol. The van der Waals surface area contributed by atoms with Crippen LogP contribution in [0.3, 0.4) is 0 Å². The second-order valence-electron chi connectivity index (χ2n) is 6.19. The molecule has 1 unspecified atom stereocenters. The van der Waals surface area contributed by atoms with E-state index in [9.17, 15) is 14.9 Å². The Morgan fingerprint density at radius 1 is 0.964 bits per heavy atom. The predicted molar refractivity (Wildman–Crippen MR) is 109 cm³/mol. The van der Waals surface area contributed by atoms with Crippen molar-refractivity contribution in [3.05, 3.63) is 94.5 Å². The minimum Gasteiger partial charge on any atom is -0.457 e. The number of benzene rings is 3. The van der Waals surface area contributed by atoms with Gasteiger partial charge in [0.2, 0.25) is 5.91 Å². The second kappa shape index (κ2) is 7.74. The molecule has 4 rings (SSSR count). The van der Waals surface area contributed by atoms with Crippen LogP contribution in [0.2, 0.25) is 0 Å². The van der Waals surface area contributed by atoms with Crippen molar-refractivity contribution in [1.29, 1.82) is 0 Å². The molecule has 7 heteroatoms. The van der Waals surface area contributed by atoms with Gasteiger partial charge in [0.25, 0.3) is 5.69 Å². The lowest BCUT2D eigenvalue weighted by molar-refractivity contribution is -0.384. The van der Waals surface area contributed by atoms with Crippen LogP contribution in [0.5, 0.6) is 11.5 Å². The third-order valence-corrected chi connectivity index (χ3v) is 5.54. The lowest BCUT2D eigenvalue weighted by Crippen LogP contribution is -2.27. The third kappa shape index (κ3) is 3.70. The second-order valence-corrected chi connectivity index (χ2v) is 7.26. The Labute approximate surface area is 165 Å². The van der Waals surface area contributed by atoms with Crippen LogP contribution in [0.25, 0.3) is 0 Å². The number of carbonyl (C=O) groups excluding carboxylic acids is 1. The molecule has 140 valence electrons. The first-order valence-electron chi connectivity index (χ1n) is 8.63. The number of rotatable bonds is 5. The largest absolute Gasteiger partial charge is 0.457 e. The molecule has 1 amide bonds. The Hall–Kier alpha value is -3.32. The average Bonchev–Trinajstić information content (AvgIpc) is 3.11. The summed E-state index contributed by atoms with van der Waals surface area (Å²) in [5.41, 5.74) is 1.48. The fourth-order valence-electron chi connectivity index (χ4n) is 3.04. The number of amides is 1. The minimum atomic E-state index is -0.426. The molecule has 28 heavy (non-hydrogen) atoms. The van der Waals surface area contributed by atoms with Gasteiger partial charge in [-0.2, -0.15) is 0 Å². The highest BCUT2D eigenvalue weighted by Gasteiger charge is 2.34. The van der Waals surface area contributed by atoms with Crippen molar-refractivity contribution >= 4 is 29.0 Å². The molecule has 0 aromatic heterocycles. The molecule has 0 saturated carbocycles. The number of hydrogen-bond donors (Lipinski definition) is 0. The summed E-state index contributed by atoms with van der Waals surface area (Å²) in [5.74, 6) is 1.70. The molecule has 1 atom stereocenters. The summed E-state index contributed by atoms with van der Waals surface area (Å²) >= 11 is 1.46. The zero-order chi connectivity index (χ0) is 19.5. The summed E-state index contributed by atoms with van der Waals surface area (Å²) in [6.45, 7) is 0. The molecule has 1 aliphatic rings. The van der Waals surface area contributed by atoms with Gasteiger partial charge < -0.3 is 4.74 Å². The molecule has 1 heterocycles. The molecule has 3 aromatic rings. The number of non-ortho nitro benzene ring substituents is 1. The number of carbonyl (C=O) groups is 1. The Morgan fingerprint density at radius 2 is 1.68 bits per heavy atom. The van der Waals surface area contributed by atoms with Gasteiger partial charge in [-0.1, -0.05) is 30.3 Å². The molecule has 0 bridgehead atoms. The Balaban J connectivity index is 1.58. The highest BCUT2D eigenvalue weighted by molar-refractivity contribution is 8.00. The predicted octanol–water partition coefficient (Wildman–Crippen LogP) is 5.17. The summed E-state index contributed by atoms with van der Waals surface area (Å²) < 4.78 is 5.79. The normalized spacial score (nSPS) is 16.2. The van der Waals surface area contributed by atoms with Crippen molar-refractivity contribution in [1.82, 2.24) is 0 Å². The molecular formula is C21H16N2O4S. The van der Waals surface area contributed by atoms with Gasteiger partial charge in [-0.05, 0) is 42.0 Å². The van der Waals surface area contributed by atoms with Crippen molar-refractivity contribution in [2.45, 2.75) is 5.37 Å². The smallest absolute Gasteiger partial charge is 0.269 e. The first-order valence-corrected chi connectivity index (χ1v) is 9.68. The molecule has 0 N–H and O–H groups in total. The van der Waals surface area contributed by atoms with Gasteiger partial charge in [-0.15, -0.1) is 11.8 Å². The van der Waals surface area contributed by atoms with E-state index in [-0.39, 0.29) is 17.0 Å². The van der Waals surface area contributed by atoms with E-state index in [1.54, 1.807) is 11.0 Å². The average molecular weight is 392 g/mol. The molecule has 1 aliphatic heterocycles. The van der Waals surface area contributed by atoms with Crippen LogP contribution in [0.15, 0.2) is 78.9 Å². The maximum absolute atomic E-state index is 12.5. The lowest BCUT2D eigenvalue weighted by Gasteiger charge is -2.24. The number of thioether (sulfide) groups is 1. The van der Waals surface area contributed by atoms with Gasteiger partial charge in [-0.3, -0.25) is 19.8 Å². The Bertz CT molecular complexity index is 1010. The van der Waals surface area contributed by atoms with E-state index >= 15 is 0 Å².